The van der Waals surface area contributed by atoms with E-state index in [1.165, 1.54) is 0 Å². The van der Waals surface area contributed by atoms with Crippen molar-refractivity contribution < 1.29 is 47.8 Å². The number of aliphatic carboxylic acids is 1. The first-order valence-electron chi connectivity index (χ1n) is 24.2. The number of esters is 1. The zero-order chi connectivity index (χ0) is 49.9. The molecule has 0 saturated heterocycles. The Morgan fingerprint density at radius 2 is 0.809 bits per heavy atom. The lowest BCUT2D eigenvalue weighted by atomic mass is 10.2. The number of phosphoric acid groups is 1. The topological polar surface area (TPSA) is 169 Å². The average Bonchev–Trinajstić information content (AvgIpc) is 3.32. The van der Waals surface area contributed by atoms with Gasteiger partial charge in [0.1, 0.15) is 12.7 Å². The molecule has 0 bridgehead atoms. The van der Waals surface area contributed by atoms with Gasteiger partial charge in [-0.3, -0.25) is 18.6 Å². The molecular formula is C56H82NO10P. The molecule has 0 spiro atoms. The highest BCUT2D eigenvalue weighted by Crippen LogP contribution is 2.43. The van der Waals surface area contributed by atoms with Gasteiger partial charge in [0, 0.05) is 12.8 Å². The van der Waals surface area contributed by atoms with Gasteiger partial charge >= 0.3 is 19.8 Å². The van der Waals surface area contributed by atoms with Gasteiger partial charge < -0.3 is 25.2 Å². The third kappa shape index (κ3) is 47.3. The summed E-state index contributed by atoms with van der Waals surface area (Å²) in [5.41, 5.74) is 0. The van der Waals surface area contributed by atoms with Crippen molar-refractivity contribution in [1.29, 1.82) is 0 Å². The van der Waals surface area contributed by atoms with Crippen molar-refractivity contribution in [2.45, 2.75) is 142 Å². The zero-order valence-corrected chi connectivity index (χ0v) is 41.7. The van der Waals surface area contributed by atoms with Gasteiger partial charge in [0.05, 0.1) is 13.2 Å². The van der Waals surface area contributed by atoms with Gasteiger partial charge in [-0.25, -0.2) is 9.36 Å². The third-order valence-electron chi connectivity index (χ3n) is 9.03. The number of carbonyl (C=O) groups is 3. The summed E-state index contributed by atoms with van der Waals surface area (Å²) < 4.78 is 26.8. The largest absolute Gasteiger partial charge is 0.480 e. The molecule has 68 heavy (non-hydrogen) atoms. The molecule has 1 amide bonds. The Labute approximate surface area is 408 Å². The number of nitrogens with one attached hydrogen (secondary N) is 1. The summed E-state index contributed by atoms with van der Waals surface area (Å²) >= 11 is 0. The average molecular weight is 960 g/mol. The van der Waals surface area contributed by atoms with E-state index >= 15 is 0 Å². The van der Waals surface area contributed by atoms with Crippen molar-refractivity contribution in [1.82, 2.24) is 5.32 Å². The molecule has 3 atom stereocenters. The highest BCUT2D eigenvalue weighted by Gasteiger charge is 2.28. The summed E-state index contributed by atoms with van der Waals surface area (Å²) in [6.45, 7) is 2.21. The molecule has 0 aliphatic rings. The number of hydrogen-bond acceptors (Lipinski definition) is 8. The van der Waals surface area contributed by atoms with Crippen molar-refractivity contribution in [3.63, 3.8) is 0 Å². The maximum Gasteiger partial charge on any atom is 0.472 e. The molecular weight excluding hydrogens is 878 g/mol. The second kappa shape index (κ2) is 48.3. The summed E-state index contributed by atoms with van der Waals surface area (Å²) in [5.74, 6) is -2.64. The maximum atomic E-state index is 12.3. The Morgan fingerprint density at radius 3 is 1.16 bits per heavy atom. The molecule has 0 aromatic rings. The van der Waals surface area contributed by atoms with Gasteiger partial charge in [0.2, 0.25) is 5.91 Å². The Bertz CT molecular complexity index is 1790. The highest BCUT2D eigenvalue weighted by atomic mass is 31.2. The summed E-state index contributed by atoms with van der Waals surface area (Å²) in [7, 11) is -4.82. The van der Waals surface area contributed by atoms with Crippen LogP contribution in [-0.2, 0) is 32.7 Å². The molecule has 0 heterocycles. The quantitative estimate of drug-likeness (QED) is 0.0200. The molecule has 376 valence electrons. The Morgan fingerprint density at radius 1 is 0.485 bits per heavy atom. The lowest BCUT2D eigenvalue weighted by molar-refractivity contribution is -0.147. The number of carboxylic acid groups (broad SMARTS) is 1. The first-order chi connectivity index (χ1) is 33.1. The van der Waals surface area contributed by atoms with E-state index in [4.69, 9.17) is 13.8 Å². The molecule has 4 N–H and O–H groups in total. The van der Waals surface area contributed by atoms with E-state index in [2.05, 4.69) is 153 Å². The fourth-order valence-electron chi connectivity index (χ4n) is 5.38. The van der Waals surface area contributed by atoms with Crippen molar-refractivity contribution in [2.75, 3.05) is 19.8 Å². The second-order valence-corrected chi connectivity index (χ2v) is 16.6. The SMILES string of the molecule is CC/C=C\C/C=C\C/C=C\C/C=C\C/C=C\C/C=C\C/C=C\CCCC(=O)OCC(O)COP(=O)(O)OCC(NC(=O)C/C=C\C/C=C\C/C=C\C/C=C\C/C=C\C/C=C\C/C=C\CC)C(=O)O. The number of aliphatic hydroxyl groups is 1. The molecule has 0 aliphatic carbocycles. The zero-order valence-electron chi connectivity index (χ0n) is 40.8. The molecule has 0 saturated carbocycles. The number of ether oxygens (including phenoxy) is 1. The van der Waals surface area contributed by atoms with Crippen LogP contribution in [0.15, 0.2) is 170 Å². The normalized spacial score (nSPS) is 15.0. The molecule has 0 fully saturated rings. The van der Waals surface area contributed by atoms with E-state index in [0.717, 1.165) is 83.5 Å². The van der Waals surface area contributed by atoms with E-state index in [1.807, 2.05) is 24.3 Å². The number of allylic oxidation sites excluding steroid dienone is 27. The molecule has 11 nitrogen and oxygen atoms in total. The maximum absolute atomic E-state index is 12.3. The van der Waals surface area contributed by atoms with E-state index in [1.54, 1.807) is 12.2 Å². The highest BCUT2D eigenvalue weighted by molar-refractivity contribution is 7.47. The van der Waals surface area contributed by atoms with Crippen LogP contribution in [0.5, 0.6) is 0 Å². The summed E-state index contributed by atoms with van der Waals surface area (Å²) in [6, 6.07) is -1.62. The summed E-state index contributed by atoms with van der Waals surface area (Å²) in [5, 5.41) is 21.8. The predicted octanol–water partition coefficient (Wildman–Crippen LogP) is 13.4. The predicted molar refractivity (Wildman–Crippen MR) is 281 cm³/mol. The van der Waals surface area contributed by atoms with Gasteiger partial charge in [-0.2, -0.15) is 0 Å². The van der Waals surface area contributed by atoms with Crippen LogP contribution in [0.1, 0.15) is 129 Å². The first-order valence-corrected chi connectivity index (χ1v) is 25.7. The van der Waals surface area contributed by atoms with Crippen LogP contribution in [0.4, 0.5) is 0 Å². The fourth-order valence-corrected chi connectivity index (χ4v) is 6.15. The second-order valence-electron chi connectivity index (χ2n) is 15.2. The number of aliphatic hydroxyl groups excluding tert-OH is 1. The van der Waals surface area contributed by atoms with Crippen LogP contribution in [-0.4, -0.2) is 64.9 Å². The molecule has 0 aromatic heterocycles. The van der Waals surface area contributed by atoms with E-state index in [-0.39, 0.29) is 12.8 Å². The van der Waals surface area contributed by atoms with Gasteiger partial charge in [-0.15, -0.1) is 0 Å². The monoisotopic (exact) mass is 960 g/mol. The van der Waals surface area contributed by atoms with E-state index in [9.17, 15) is 34.1 Å². The Balaban J connectivity index is 4.11. The van der Waals surface area contributed by atoms with E-state index < -0.39 is 57.6 Å². The number of amides is 1. The Kier molecular flexibility index (Phi) is 44.6. The van der Waals surface area contributed by atoms with Crippen LogP contribution in [0, 0.1) is 0 Å². The number of hydrogen-bond donors (Lipinski definition) is 4. The van der Waals surface area contributed by atoms with Gasteiger partial charge in [0.25, 0.3) is 0 Å². The third-order valence-corrected chi connectivity index (χ3v) is 9.98. The van der Waals surface area contributed by atoms with Crippen LogP contribution in [0.2, 0.25) is 0 Å². The smallest absolute Gasteiger partial charge is 0.472 e. The van der Waals surface area contributed by atoms with Gasteiger partial charge in [-0.05, 0) is 103 Å². The fraction of sp³-hybridized carbons (Fsp3) is 0.446. The summed E-state index contributed by atoms with van der Waals surface area (Å²) in [6.07, 6.45) is 71.3. The van der Waals surface area contributed by atoms with Crippen molar-refractivity contribution in [3.8, 4) is 0 Å². The number of carbonyl (C=O) groups excluding carboxylic acids is 2. The minimum Gasteiger partial charge on any atom is -0.480 e. The van der Waals surface area contributed by atoms with Crippen molar-refractivity contribution in [2.24, 2.45) is 0 Å². The number of carboxylic acids is 1. The molecule has 0 aliphatic heterocycles. The van der Waals surface area contributed by atoms with Gasteiger partial charge in [-0.1, -0.05) is 184 Å². The van der Waals surface area contributed by atoms with Gasteiger partial charge in [0.15, 0.2) is 6.04 Å². The molecule has 0 rings (SSSR count). The van der Waals surface area contributed by atoms with Crippen LogP contribution < -0.4 is 5.32 Å². The van der Waals surface area contributed by atoms with Crippen LogP contribution >= 0.6 is 7.82 Å². The minimum atomic E-state index is -4.82. The lowest BCUT2D eigenvalue weighted by Crippen LogP contribution is -2.43. The molecule has 3 unspecified atom stereocenters. The number of rotatable bonds is 42. The minimum absolute atomic E-state index is 0.105. The number of phosphoric ester groups is 1. The summed E-state index contributed by atoms with van der Waals surface area (Å²) in [4.78, 5) is 46.0. The standard InChI is InChI=1S/C56H82NO10P/c1-3-5-7-9-11-13-15-17-19-21-23-25-26-28-30-32-34-36-38-40-42-44-46-48-55(60)65-49-52(58)50-66-68(63,64)67-51-53(56(61)62)57-54(59)47-45-43-41-39-37-35-33-31-29-27-24-22-20-18-16-14-12-10-8-6-4-2/h5-8,11-14,17-20,23-25,27-28,30-31,33-34,36-37,39-40,42-43,45,52-53,58H,3-4,9-10,15-16,21-22,26,29,32,35,38,41,44,46-51H2,1-2H3,(H,57,59)(H,61,62)(H,63,64)/b7-5-,8-6-,13-11-,14-12-,19-17-,20-18-,25-23-,27-24-,30-28-,33-31-,36-34-,39-37-,42-40-,45-43-. The Hall–Kier alpha value is -5.16. The van der Waals surface area contributed by atoms with Crippen LogP contribution in [0.25, 0.3) is 0 Å². The molecule has 12 heteroatoms. The lowest BCUT2D eigenvalue weighted by Gasteiger charge is -2.18. The van der Waals surface area contributed by atoms with Crippen molar-refractivity contribution >= 4 is 25.7 Å². The number of unbranched alkanes of at least 4 members (excludes halogenated alkanes) is 1. The molecule has 0 radical (unpaired) electrons. The van der Waals surface area contributed by atoms with Crippen molar-refractivity contribution in [3.05, 3.63) is 170 Å². The molecule has 0 aromatic carbocycles. The van der Waals surface area contributed by atoms with Crippen LogP contribution in [0.3, 0.4) is 0 Å². The first kappa shape index (κ1) is 62.8. The van der Waals surface area contributed by atoms with E-state index in [0.29, 0.717) is 19.3 Å².